The zero-order valence-corrected chi connectivity index (χ0v) is 9.13. The second kappa shape index (κ2) is 5.20. The normalized spacial score (nSPS) is 22.8. The van der Waals surface area contributed by atoms with E-state index in [1.807, 2.05) is 0 Å². The Morgan fingerprint density at radius 1 is 1.44 bits per heavy atom. The molecule has 1 aromatic heterocycles. The monoisotopic (exact) mass is 225 g/mol. The van der Waals surface area contributed by atoms with Crippen molar-refractivity contribution in [1.82, 2.24) is 9.97 Å². The maximum Gasteiger partial charge on any atom is 0.237 e. The van der Waals surface area contributed by atoms with Crippen LogP contribution >= 0.6 is 0 Å². The lowest BCUT2D eigenvalue weighted by molar-refractivity contribution is -0.0982. The molecule has 0 bridgehead atoms. The second-order valence-corrected chi connectivity index (χ2v) is 3.46. The second-order valence-electron chi connectivity index (χ2n) is 3.46. The molecular formula is C10H15N3O3. The van der Waals surface area contributed by atoms with Crippen LogP contribution in [0.2, 0.25) is 0 Å². The van der Waals surface area contributed by atoms with Crippen molar-refractivity contribution in [3.63, 3.8) is 0 Å². The third kappa shape index (κ3) is 2.29. The van der Waals surface area contributed by atoms with Crippen molar-refractivity contribution < 1.29 is 14.2 Å². The van der Waals surface area contributed by atoms with E-state index in [0.29, 0.717) is 31.4 Å². The molecule has 1 saturated heterocycles. The summed E-state index contributed by atoms with van der Waals surface area (Å²) in [6.45, 7) is 1.64. The zero-order chi connectivity index (χ0) is 11.4. The molecule has 2 atom stereocenters. The Bertz CT molecular complexity index is 342. The molecule has 1 fully saturated rings. The number of hydrogen-bond acceptors (Lipinski definition) is 6. The van der Waals surface area contributed by atoms with Crippen LogP contribution in [0.5, 0.6) is 5.88 Å². The highest BCUT2D eigenvalue weighted by Crippen LogP contribution is 2.23. The molecule has 6 nitrogen and oxygen atoms in total. The summed E-state index contributed by atoms with van der Waals surface area (Å²) in [6.07, 6.45) is 2.95. The van der Waals surface area contributed by atoms with E-state index in [2.05, 4.69) is 9.97 Å². The molecule has 2 heterocycles. The Morgan fingerprint density at radius 2 is 2.25 bits per heavy atom. The number of nitrogens with two attached hydrogens (primary N) is 1. The Labute approximate surface area is 93.7 Å². The van der Waals surface area contributed by atoms with Crippen LogP contribution in [0.3, 0.4) is 0 Å². The van der Waals surface area contributed by atoms with Crippen molar-refractivity contribution in [1.29, 1.82) is 0 Å². The number of methoxy groups -OCH3 is 1. The highest BCUT2D eigenvalue weighted by molar-refractivity contribution is 5.22. The van der Waals surface area contributed by atoms with Crippen molar-refractivity contribution in [2.75, 3.05) is 26.9 Å². The smallest absolute Gasteiger partial charge is 0.237 e. The maximum absolute atomic E-state index is 6.06. The van der Waals surface area contributed by atoms with Gasteiger partial charge in [0.1, 0.15) is 11.8 Å². The molecule has 2 N–H and O–H groups in total. The van der Waals surface area contributed by atoms with Crippen LogP contribution in [0, 0.1) is 0 Å². The largest absolute Gasteiger partial charge is 0.480 e. The molecule has 0 aliphatic carbocycles. The summed E-state index contributed by atoms with van der Waals surface area (Å²) in [5.74, 6) is 0.434. The first kappa shape index (κ1) is 11.3. The molecule has 88 valence electrons. The molecule has 0 spiro atoms. The van der Waals surface area contributed by atoms with E-state index in [-0.39, 0.29) is 12.1 Å². The minimum Gasteiger partial charge on any atom is -0.480 e. The Morgan fingerprint density at radius 3 is 2.94 bits per heavy atom. The highest BCUT2D eigenvalue weighted by Gasteiger charge is 2.27. The average molecular weight is 225 g/mol. The standard InChI is InChI=1S/C10H15N3O3/c1-14-10-9(12-2-3-13-10)8(11)7-6-15-4-5-16-7/h2-3,7-8H,4-6,11H2,1H3. The van der Waals surface area contributed by atoms with Gasteiger partial charge in [0, 0.05) is 12.4 Å². The van der Waals surface area contributed by atoms with E-state index in [0.717, 1.165) is 0 Å². The van der Waals surface area contributed by atoms with Crippen LogP contribution in [0.4, 0.5) is 0 Å². The van der Waals surface area contributed by atoms with Gasteiger partial charge in [0.2, 0.25) is 5.88 Å². The number of rotatable bonds is 3. The van der Waals surface area contributed by atoms with Crippen LogP contribution in [-0.4, -0.2) is 43.0 Å². The first-order valence-corrected chi connectivity index (χ1v) is 5.12. The van der Waals surface area contributed by atoms with Gasteiger partial charge in [0.25, 0.3) is 0 Å². The zero-order valence-electron chi connectivity index (χ0n) is 9.13. The highest BCUT2D eigenvalue weighted by atomic mass is 16.6. The predicted octanol–water partition coefficient (Wildman–Crippen LogP) is -0.0996. The van der Waals surface area contributed by atoms with E-state index in [4.69, 9.17) is 19.9 Å². The minimum absolute atomic E-state index is 0.195. The molecule has 0 amide bonds. The van der Waals surface area contributed by atoms with Crippen LogP contribution in [-0.2, 0) is 9.47 Å². The third-order valence-corrected chi connectivity index (χ3v) is 2.44. The van der Waals surface area contributed by atoms with E-state index in [1.165, 1.54) is 0 Å². The van der Waals surface area contributed by atoms with Crippen LogP contribution in [0.1, 0.15) is 11.7 Å². The lowest BCUT2D eigenvalue weighted by Crippen LogP contribution is -2.38. The molecule has 0 radical (unpaired) electrons. The summed E-state index contributed by atoms with van der Waals surface area (Å²) in [4.78, 5) is 8.23. The summed E-state index contributed by atoms with van der Waals surface area (Å²) in [7, 11) is 1.54. The molecule has 6 heteroatoms. The third-order valence-electron chi connectivity index (χ3n) is 2.44. The van der Waals surface area contributed by atoms with Crippen molar-refractivity contribution in [2.24, 2.45) is 5.73 Å². The molecular weight excluding hydrogens is 210 g/mol. The molecule has 2 rings (SSSR count). The van der Waals surface area contributed by atoms with Crippen molar-refractivity contribution >= 4 is 0 Å². The van der Waals surface area contributed by atoms with E-state index in [1.54, 1.807) is 19.5 Å². The SMILES string of the molecule is COc1nccnc1C(N)C1COCCO1. The van der Waals surface area contributed by atoms with Gasteiger partial charge in [-0.1, -0.05) is 0 Å². The quantitative estimate of drug-likeness (QED) is 0.773. The minimum atomic E-state index is -0.385. The van der Waals surface area contributed by atoms with Crippen molar-refractivity contribution in [2.45, 2.75) is 12.1 Å². The molecule has 0 saturated carbocycles. The fraction of sp³-hybridized carbons (Fsp3) is 0.600. The lowest BCUT2D eigenvalue weighted by Gasteiger charge is -2.27. The fourth-order valence-electron chi connectivity index (χ4n) is 1.61. The van der Waals surface area contributed by atoms with Crippen molar-refractivity contribution in [3.8, 4) is 5.88 Å². The number of aromatic nitrogens is 2. The number of ether oxygens (including phenoxy) is 3. The van der Waals surface area contributed by atoms with Crippen LogP contribution < -0.4 is 10.5 Å². The maximum atomic E-state index is 6.06. The van der Waals surface area contributed by atoms with Crippen molar-refractivity contribution in [3.05, 3.63) is 18.1 Å². The fourth-order valence-corrected chi connectivity index (χ4v) is 1.61. The van der Waals surface area contributed by atoms with Gasteiger partial charge in [0.05, 0.1) is 33.0 Å². The van der Waals surface area contributed by atoms with Gasteiger partial charge in [-0.3, -0.25) is 4.98 Å². The van der Waals surface area contributed by atoms with E-state index < -0.39 is 0 Å². The van der Waals surface area contributed by atoms with Gasteiger partial charge in [-0.2, -0.15) is 0 Å². The molecule has 2 unspecified atom stereocenters. The first-order valence-electron chi connectivity index (χ1n) is 5.12. The first-order chi connectivity index (χ1) is 7.83. The topological polar surface area (TPSA) is 79.5 Å². The summed E-state index contributed by atoms with van der Waals surface area (Å²) in [6, 6.07) is -0.385. The van der Waals surface area contributed by atoms with Gasteiger partial charge in [0.15, 0.2) is 0 Å². The van der Waals surface area contributed by atoms with E-state index in [9.17, 15) is 0 Å². The van der Waals surface area contributed by atoms with Gasteiger partial charge in [-0.15, -0.1) is 0 Å². The van der Waals surface area contributed by atoms with Gasteiger partial charge in [-0.25, -0.2) is 4.98 Å². The van der Waals surface area contributed by atoms with Gasteiger partial charge < -0.3 is 19.9 Å². The predicted molar refractivity (Wildman–Crippen MR) is 56.1 cm³/mol. The molecule has 1 aromatic rings. The summed E-state index contributed by atoms with van der Waals surface area (Å²) < 4.78 is 15.9. The van der Waals surface area contributed by atoms with E-state index >= 15 is 0 Å². The lowest BCUT2D eigenvalue weighted by atomic mass is 10.1. The Hall–Kier alpha value is -1.24. The summed E-state index contributed by atoms with van der Waals surface area (Å²) in [5.41, 5.74) is 6.66. The molecule has 1 aliphatic rings. The molecule has 0 aromatic carbocycles. The molecule has 16 heavy (non-hydrogen) atoms. The van der Waals surface area contributed by atoms with Gasteiger partial charge in [-0.05, 0) is 0 Å². The summed E-state index contributed by atoms with van der Waals surface area (Å²) in [5, 5.41) is 0. The average Bonchev–Trinajstić information content (AvgIpc) is 2.39. The summed E-state index contributed by atoms with van der Waals surface area (Å²) >= 11 is 0. The number of nitrogens with zero attached hydrogens (tertiary/aromatic N) is 2. The Kier molecular flexibility index (Phi) is 3.66. The Balaban J connectivity index is 2.15. The van der Waals surface area contributed by atoms with Gasteiger partial charge >= 0.3 is 0 Å². The number of hydrogen-bond donors (Lipinski definition) is 1. The molecule has 1 aliphatic heterocycles. The van der Waals surface area contributed by atoms with Crippen LogP contribution in [0.15, 0.2) is 12.4 Å². The van der Waals surface area contributed by atoms with Crippen LogP contribution in [0.25, 0.3) is 0 Å².